The molecule has 1 unspecified atom stereocenters. The Morgan fingerprint density at radius 3 is 3.10 bits per heavy atom. The Morgan fingerprint density at radius 2 is 2.40 bits per heavy atom. The summed E-state index contributed by atoms with van der Waals surface area (Å²) in [6.07, 6.45) is 1.15. The second-order valence-electron chi connectivity index (χ2n) is 5.54. The lowest BCUT2D eigenvalue weighted by Crippen LogP contribution is -2.53. The molecule has 4 nitrogen and oxygen atoms in total. The summed E-state index contributed by atoms with van der Waals surface area (Å²) in [6, 6.07) is 2.64. The third-order valence-electron chi connectivity index (χ3n) is 4.18. The second-order valence-corrected chi connectivity index (χ2v) is 6.54. The molecule has 2 N–H and O–H groups in total. The predicted octanol–water partition coefficient (Wildman–Crippen LogP) is 1.25. The van der Waals surface area contributed by atoms with E-state index in [-0.39, 0.29) is 24.2 Å². The van der Waals surface area contributed by atoms with E-state index in [1.54, 1.807) is 0 Å². The lowest BCUT2D eigenvalue weighted by atomic mass is 10.0. The Balaban J connectivity index is 0.00000147. The van der Waals surface area contributed by atoms with Gasteiger partial charge in [0, 0.05) is 43.6 Å². The predicted molar refractivity (Wildman–Crippen MR) is 84.5 cm³/mol. The average molecular weight is 316 g/mol. The largest absolute Gasteiger partial charge is 0.354 e. The third kappa shape index (κ3) is 3.34. The molecule has 1 aromatic rings. The lowest BCUT2D eigenvalue weighted by Gasteiger charge is -2.33. The number of amides is 1. The van der Waals surface area contributed by atoms with Crippen molar-refractivity contribution in [2.45, 2.75) is 25.9 Å². The fraction of sp³-hybridized carbons (Fsp3) is 0.643. The first-order valence-corrected chi connectivity index (χ1v) is 7.89. The van der Waals surface area contributed by atoms with Gasteiger partial charge >= 0.3 is 0 Å². The summed E-state index contributed by atoms with van der Waals surface area (Å²) in [7, 11) is 0. The van der Waals surface area contributed by atoms with Gasteiger partial charge in [-0.2, -0.15) is 0 Å². The van der Waals surface area contributed by atoms with E-state index < -0.39 is 0 Å². The van der Waals surface area contributed by atoms with E-state index in [4.69, 9.17) is 0 Å². The van der Waals surface area contributed by atoms with Gasteiger partial charge in [0.1, 0.15) is 0 Å². The molecule has 1 aromatic heterocycles. The van der Waals surface area contributed by atoms with Crippen LogP contribution in [0.15, 0.2) is 11.4 Å². The van der Waals surface area contributed by atoms with E-state index >= 15 is 0 Å². The number of thiophene rings is 1. The minimum Gasteiger partial charge on any atom is -0.354 e. The number of carbonyl (C=O) groups excluding carboxylic acids is 1. The normalized spacial score (nSPS) is 20.4. The smallest absolute Gasteiger partial charge is 0.225 e. The van der Waals surface area contributed by atoms with Gasteiger partial charge in [-0.25, -0.2) is 0 Å². The van der Waals surface area contributed by atoms with Crippen LogP contribution in [0.1, 0.15) is 17.4 Å². The summed E-state index contributed by atoms with van der Waals surface area (Å²) in [5.41, 5.74) is 1.47. The third-order valence-corrected chi connectivity index (χ3v) is 5.21. The van der Waals surface area contributed by atoms with Crippen LogP contribution < -0.4 is 10.6 Å². The molecule has 3 heterocycles. The molecule has 2 aliphatic rings. The molecule has 0 spiro atoms. The molecule has 0 radical (unpaired) electrons. The van der Waals surface area contributed by atoms with Gasteiger partial charge in [0.05, 0.1) is 5.92 Å². The number of nitrogens with zero attached hydrogens (tertiary/aromatic N) is 1. The van der Waals surface area contributed by atoms with Gasteiger partial charge in [0.2, 0.25) is 5.91 Å². The van der Waals surface area contributed by atoms with Crippen molar-refractivity contribution in [3.63, 3.8) is 0 Å². The summed E-state index contributed by atoms with van der Waals surface area (Å²) < 4.78 is 0. The molecular formula is C14H22ClN3OS. The van der Waals surface area contributed by atoms with Crippen molar-refractivity contribution in [1.82, 2.24) is 15.5 Å². The molecule has 6 heteroatoms. The van der Waals surface area contributed by atoms with Gasteiger partial charge in [0.25, 0.3) is 0 Å². The highest BCUT2D eigenvalue weighted by molar-refractivity contribution is 7.10. The highest BCUT2D eigenvalue weighted by Crippen LogP contribution is 2.24. The zero-order valence-corrected chi connectivity index (χ0v) is 13.4. The van der Waals surface area contributed by atoms with Crippen molar-refractivity contribution >= 4 is 29.7 Å². The Morgan fingerprint density at radius 1 is 1.60 bits per heavy atom. The first-order valence-electron chi connectivity index (χ1n) is 7.02. The van der Waals surface area contributed by atoms with Crippen molar-refractivity contribution in [3.8, 4) is 0 Å². The molecule has 2 aliphatic heterocycles. The Kier molecular flexibility index (Phi) is 5.43. The molecule has 3 rings (SSSR count). The van der Waals surface area contributed by atoms with Crippen molar-refractivity contribution in [2.75, 3.05) is 26.2 Å². The first kappa shape index (κ1) is 15.8. The maximum atomic E-state index is 11.8. The standard InChI is InChI=1S/C14H21N3OS.ClH/c1-10(6-16-14(18)12-7-15-8-12)17-4-2-13-11(9-17)3-5-19-13;/h3,5,10,12,15H,2,4,6-9H2,1H3,(H,16,18);1H. The molecule has 0 bridgehead atoms. The molecule has 112 valence electrons. The number of rotatable bonds is 4. The maximum absolute atomic E-state index is 11.8. The Bertz CT molecular complexity index is 461. The summed E-state index contributed by atoms with van der Waals surface area (Å²) in [5.74, 6) is 0.399. The molecular weight excluding hydrogens is 294 g/mol. The van der Waals surface area contributed by atoms with Crippen LogP contribution in [0.25, 0.3) is 0 Å². The zero-order chi connectivity index (χ0) is 13.2. The number of halogens is 1. The molecule has 1 amide bonds. The number of hydrogen-bond donors (Lipinski definition) is 2. The molecule has 1 atom stereocenters. The summed E-state index contributed by atoms with van der Waals surface area (Å²) in [4.78, 5) is 15.8. The fourth-order valence-corrected chi connectivity index (χ4v) is 3.53. The number of carbonyl (C=O) groups is 1. The molecule has 0 saturated carbocycles. The van der Waals surface area contributed by atoms with Crippen LogP contribution in [0.5, 0.6) is 0 Å². The van der Waals surface area contributed by atoms with Crippen LogP contribution in [0, 0.1) is 5.92 Å². The number of nitrogens with one attached hydrogen (secondary N) is 2. The minimum absolute atomic E-state index is 0. The van der Waals surface area contributed by atoms with Crippen LogP contribution in [0.3, 0.4) is 0 Å². The zero-order valence-electron chi connectivity index (χ0n) is 11.7. The topological polar surface area (TPSA) is 44.4 Å². The van der Waals surface area contributed by atoms with Crippen molar-refractivity contribution in [2.24, 2.45) is 5.92 Å². The highest BCUT2D eigenvalue weighted by atomic mass is 35.5. The quantitative estimate of drug-likeness (QED) is 0.879. The number of fused-ring (bicyclic) bond motifs is 1. The van der Waals surface area contributed by atoms with E-state index in [0.29, 0.717) is 6.04 Å². The van der Waals surface area contributed by atoms with Gasteiger partial charge in [-0.1, -0.05) is 0 Å². The van der Waals surface area contributed by atoms with Crippen LogP contribution >= 0.6 is 23.7 Å². The van der Waals surface area contributed by atoms with E-state index in [1.807, 2.05) is 11.3 Å². The average Bonchev–Trinajstić information content (AvgIpc) is 2.80. The lowest BCUT2D eigenvalue weighted by molar-refractivity contribution is -0.126. The Hall–Kier alpha value is -0.620. The molecule has 20 heavy (non-hydrogen) atoms. The van der Waals surface area contributed by atoms with Gasteiger partial charge in [-0.15, -0.1) is 23.7 Å². The monoisotopic (exact) mass is 315 g/mol. The number of hydrogen-bond acceptors (Lipinski definition) is 4. The van der Waals surface area contributed by atoms with Crippen molar-refractivity contribution < 1.29 is 4.79 Å². The highest BCUT2D eigenvalue weighted by Gasteiger charge is 2.26. The Labute approximate surface area is 130 Å². The van der Waals surface area contributed by atoms with E-state index in [1.165, 1.54) is 10.4 Å². The van der Waals surface area contributed by atoms with Crippen LogP contribution in [-0.4, -0.2) is 43.0 Å². The maximum Gasteiger partial charge on any atom is 0.225 e. The van der Waals surface area contributed by atoms with E-state index in [2.05, 4.69) is 33.9 Å². The molecule has 1 fully saturated rings. The van der Waals surface area contributed by atoms with Crippen LogP contribution in [0.2, 0.25) is 0 Å². The fourth-order valence-electron chi connectivity index (χ4n) is 2.64. The minimum atomic E-state index is 0. The molecule has 0 aliphatic carbocycles. The van der Waals surface area contributed by atoms with Crippen LogP contribution in [0.4, 0.5) is 0 Å². The summed E-state index contributed by atoms with van der Waals surface area (Å²) in [6.45, 7) is 6.77. The van der Waals surface area contributed by atoms with Gasteiger partial charge < -0.3 is 10.6 Å². The summed E-state index contributed by atoms with van der Waals surface area (Å²) >= 11 is 1.87. The SMILES string of the molecule is CC(CNC(=O)C1CNC1)N1CCc2sccc2C1.Cl. The molecule has 0 aromatic carbocycles. The van der Waals surface area contributed by atoms with Gasteiger partial charge in [-0.3, -0.25) is 9.69 Å². The second kappa shape index (κ2) is 6.89. The van der Waals surface area contributed by atoms with Crippen molar-refractivity contribution in [3.05, 3.63) is 21.9 Å². The van der Waals surface area contributed by atoms with Crippen molar-refractivity contribution in [1.29, 1.82) is 0 Å². The summed E-state index contributed by atoms with van der Waals surface area (Å²) in [5, 5.41) is 8.40. The van der Waals surface area contributed by atoms with E-state index in [0.717, 1.165) is 39.1 Å². The van der Waals surface area contributed by atoms with E-state index in [9.17, 15) is 4.79 Å². The van der Waals surface area contributed by atoms with Crippen LogP contribution in [-0.2, 0) is 17.8 Å². The molecule has 1 saturated heterocycles. The first-order chi connectivity index (χ1) is 9.24. The van der Waals surface area contributed by atoms with Gasteiger partial charge in [-0.05, 0) is 30.4 Å². The van der Waals surface area contributed by atoms with Gasteiger partial charge in [0.15, 0.2) is 0 Å².